The highest BCUT2D eigenvalue weighted by molar-refractivity contribution is 14.0. The van der Waals surface area contributed by atoms with Gasteiger partial charge in [-0.25, -0.2) is 9.38 Å². The second-order valence-corrected chi connectivity index (χ2v) is 5.73. The Morgan fingerprint density at radius 3 is 2.77 bits per heavy atom. The minimum atomic E-state index is -0.341. The number of guanidine groups is 1. The van der Waals surface area contributed by atoms with Gasteiger partial charge in [0, 0.05) is 25.6 Å². The van der Waals surface area contributed by atoms with Gasteiger partial charge in [0.05, 0.1) is 19.9 Å². The van der Waals surface area contributed by atoms with Gasteiger partial charge >= 0.3 is 0 Å². The summed E-state index contributed by atoms with van der Waals surface area (Å²) in [6.07, 6.45) is 2.40. The van der Waals surface area contributed by atoms with E-state index < -0.39 is 0 Å². The molecule has 0 aliphatic heterocycles. The lowest BCUT2D eigenvalue weighted by atomic mass is 10.2. The first-order valence-corrected chi connectivity index (χ1v) is 8.09. The lowest BCUT2D eigenvalue weighted by molar-refractivity contribution is 0.410. The standard InChI is InChI=1S/C19H24FN3O2.HI/c1-14(2)12-22-19(21-7-6-17-5-4-8-25-17)23-13-15-9-16(20)11-18(10-15)24-3;/h4-5,8-11H,1,6-7,12-13H2,2-3H3,(H2,21,22,23);1H. The van der Waals surface area contributed by atoms with Crippen molar-refractivity contribution in [3.05, 3.63) is 65.9 Å². The van der Waals surface area contributed by atoms with Crippen LogP contribution in [0.3, 0.4) is 0 Å². The SMILES string of the molecule is C=C(C)CNC(=NCc1cc(F)cc(OC)c1)NCCc1ccco1.I. The molecule has 0 unspecified atom stereocenters. The number of aliphatic imine (C=N–C) groups is 1. The summed E-state index contributed by atoms with van der Waals surface area (Å²) in [5, 5.41) is 6.44. The summed E-state index contributed by atoms with van der Waals surface area (Å²) in [6.45, 7) is 7.42. The van der Waals surface area contributed by atoms with Gasteiger partial charge in [-0.05, 0) is 36.8 Å². The van der Waals surface area contributed by atoms with Gasteiger partial charge in [0.2, 0.25) is 0 Å². The number of nitrogens with zero attached hydrogens (tertiary/aromatic N) is 1. The van der Waals surface area contributed by atoms with Crippen LogP contribution in [0, 0.1) is 5.82 Å². The van der Waals surface area contributed by atoms with Gasteiger partial charge in [0.25, 0.3) is 0 Å². The molecule has 0 amide bonds. The summed E-state index contributed by atoms with van der Waals surface area (Å²) in [5.74, 6) is 1.68. The molecule has 0 aliphatic carbocycles. The molecule has 1 heterocycles. The van der Waals surface area contributed by atoms with Crippen LogP contribution < -0.4 is 15.4 Å². The number of nitrogens with one attached hydrogen (secondary N) is 2. The molecule has 0 spiro atoms. The van der Waals surface area contributed by atoms with Gasteiger partial charge in [-0.2, -0.15) is 0 Å². The van der Waals surface area contributed by atoms with Crippen molar-refractivity contribution in [3.8, 4) is 5.75 Å². The molecule has 2 rings (SSSR count). The van der Waals surface area contributed by atoms with Gasteiger partial charge in [0.15, 0.2) is 5.96 Å². The first-order valence-electron chi connectivity index (χ1n) is 8.09. The average Bonchev–Trinajstić information content (AvgIpc) is 3.09. The summed E-state index contributed by atoms with van der Waals surface area (Å²) in [7, 11) is 1.51. The molecule has 0 atom stereocenters. The Kier molecular flexibility index (Phi) is 9.79. The number of benzene rings is 1. The molecule has 0 saturated carbocycles. The van der Waals surface area contributed by atoms with Crippen molar-refractivity contribution in [1.82, 2.24) is 10.6 Å². The highest BCUT2D eigenvalue weighted by atomic mass is 127. The zero-order valence-electron chi connectivity index (χ0n) is 15.0. The molecule has 0 fully saturated rings. The molecule has 5 nitrogen and oxygen atoms in total. The summed E-state index contributed by atoms with van der Waals surface area (Å²) in [6, 6.07) is 8.35. The first-order chi connectivity index (χ1) is 12.1. The van der Waals surface area contributed by atoms with E-state index in [2.05, 4.69) is 22.2 Å². The smallest absolute Gasteiger partial charge is 0.191 e. The predicted octanol–water partition coefficient (Wildman–Crippen LogP) is 3.90. The third-order valence-corrected chi connectivity index (χ3v) is 3.39. The summed E-state index contributed by atoms with van der Waals surface area (Å²) in [5.41, 5.74) is 1.73. The van der Waals surface area contributed by atoms with Crippen LogP contribution in [0.25, 0.3) is 0 Å². The molecule has 1 aromatic carbocycles. The van der Waals surface area contributed by atoms with E-state index in [-0.39, 0.29) is 29.8 Å². The van der Waals surface area contributed by atoms with Gasteiger partial charge in [-0.3, -0.25) is 0 Å². The molecule has 142 valence electrons. The molecule has 26 heavy (non-hydrogen) atoms. The number of hydrogen-bond donors (Lipinski definition) is 2. The van der Waals surface area contributed by atoms with E-state index in [1.165, 1.54) is 19.2 Å². The third-order valence-electron chi connectivity index (χ3n) is 3.39. The van der Waals surface area contributed by atoms with Gasteiger partial charge in [-0.15, -0.1) is 24.0 Å². The van der Waals surface area contributed by atoms with Crippen molar-refractivity contribution in [2.24, 2.45) is 4.99 Å². The van der Waals surface area contributed by atoms with E-state index in [0.717, 1.165) is 23.3 Å². The molecule has 0 saturated heterocycles. The molecule has 2 aromatic rings. The fourth-order valence-electron chi connectivity index (χ4n) is 2.17. The first kappa shape index (κ1) is 22.0. The van der Waals surface area contributed by atoms with Crippen molar-refractivity contribution in [3.63, 3.8) is 0 Å². The van der Waals surface area contributed by atoms with Crippen molar-refractivity contribution >= 4 is 29.9 Å². The Morgan fingerprint density at radius 2 is 2.12 bits per heavy atom. The number of halogens is 2. The monoisotopic (exact) mass is 473 g/mol. The molecule has 7 heteroatoms. The summed E-state index contributed by atoms with van der Waals surface area (Å²) >= 11 is 0. The van der Waals surface area contributed by atoms with Crippen LogP contribution in [0.5, 0.6) is 5.75 Å². The van der Waals surface area contributed by atoms with E-state index in [4.69, 9.17) is 9.15 Å². The fourth-order valence-corrected chi connectivity index (χ4v) is 2.17. The van der Waals surface area contributed by atoms with Crippen molar-refractivity contribution < 1.29 is 13.5 Å². The molecule has 1 aromatic heterocycles. The lowest BCUT2D eigenvalue weighted by Crippen LogP contribution is -2.39. The van der Waals surface area contributed by atoms with Crippen LogP contribution in [0.15, 0.2) is 58.2 Å². The number of hydrogen-bond acceptors (Lipinski definition) is 3. The average molecular weight is 473 g/mol. The molecular formula is C19H25FIN3O2. The molecular weight excluding hydrogens is 448 g/mol. The van der Waals surface area contributed by atoms with E-state index >= 15 is 0 Å². The molecule has 0 bridgehead atoms. The normalized spacial score (nSPS) is 10.8. The number of ether oxygens (including phenoxy) is 1. The quantitative estimate of drug-likeness (QED) is 0.264. The van der Waals surface area contributed by atoms with Gasteiger partial charge in [0.1, 0.15) is 17.3 Å². The maximum absolute atomic E-state index is 13.6. The Morgan fingerprint density at radius 1 is 1.31 bits per heavy atom. The highest BCUT2D eigenvalue weighted by Crippen LogP contribution is 2.16. The number of rotatable bonds is 8. The Hall–Kier alpha value is -2.03. The number of methoxy groups -OCH3 is 1. The minimum absolute atomic E-state index is 0. The fraction of sp³-hybridized carbons (Fsp3) is 0.316. The Labute approximate surface area is 170 Å². The lowest BCUT2D eigenvalue weighted by Gasteiger charge is -2.12. The molecule has 0 aliphatic rings. The van der Waals surface area contributed by atoms with Crippen LogP contribution in [0.4, 0.5) is 4.39 Å². The van der Waals surface area contributed by atoms with Crippen LogP contribution in [-0.2, 0) is 13.0 Å². The Balaban J connectivity index is 0.00000338. The van der Waals surface area contributed by atoms with Crippen molar-refractivity contribution in [2.75, 3.05) is 20.2 Å². The topological polar surface area (TPSA) is 58.8 Å². The zero-order chi connectivity index (χ0) is 18.1. The maximum Gasteiger partial charge on any atom is 0.191 e. The van der Waals surface area contributed by atoms with E-state index in [1.54, 1.807) is 12.3 Å². The highest BCUT2D eigenvalue weighted by Gasteiger charge is 2.03. The van der Waals surface area contributed by atoms with Crippen LogP contribution in [-0.4, -0.2) is 26.2 Å². The second kappa shape index (κ2) is 11.6. The van der Waals surface area contributed by atoms with Crippen LogP contribution in [0.2, 0.25) is 0 Å². The second-order valence-electron chi connectivity index (χ2n) is 5.73. The summed E-state index contributed by atoms with van der Waals surface area (Å²) in [4.78, 5) is 4.50. The van der Waals surface area contributed by atoms with Crippen LogP contribution >= 0.6 is 24.0 Å². The van der Waals surface area contributed by atoms with Crippen molar-refractivity contribution in [2.45, 2.75) is 19.9 Å². The number of furan rings is 1. The molecule has 2 N–H and O–H groups in total. The van der Waals surface area contributed by atoms with E-state index in [1.807, 2.05) is 19.1 Å². The molecule has 0 radical (unpaired) electrons. The largest absolute Gasteiger partial charge is 0.497 e. The van der Waals surface area contributed by atoms with E-state index in [9.17, 15) is 4.39 Å². The van der Waals surface area contributed by atoms with E-state index in [0.29, 0.717) is 31.3 Å². The van der Waals surface area contributed by atoms with Gasteiger partial charge < -0.3 is 19.8 Å². The van der Waals surface area contributed by atoms with Crippen LogP contribution in [0.1, 0.15) is 18.2 Å². The third kappa shape index (κ3) is 7.90. The Bertz CT molecular complexity index is 718. The minimum Gasteiger partial charge on any atom is -0.497 e. The summed E-state index contributed by atoms with van der Waals surface area (Å²) < 4.78 is 24.0. The predicted molar refractivity (Wildman–Crippen MR) is 113 cm³/mol. The van der Waals surface area contributed by atoms with Gasteiger partial charge in [-0.1, -0.05) is 12.2 Å². The van der Waals surface area contributed by atoms with Crippen molar-refractivity contribution in [1.29, 1.82) is 0 Å². The maximum atomic E-state index is 13.6. The zero-order valence-corrected chi connectivity index (χ0v) is 17.4.